The number of nitrogens with zero attached hydrogens (tertiary/aromatic N) is 2. The number of guanidine groups is 1. The first-order valence-corrected chi connectivity index (χ1v) is 8.85. The van der Waals surface area contributed by atoms with Crippen LogP contribution in [0, 0.1) is 16.0 Å². The molecule has 0 radical (unpaired) electrons. The van der Waals surface area contributed by atoms with Crippen molar-refractivity contribution in [2.75, 3.05) is 13.2 Å². The summed E-state index contributed by atoms with van der Waals surface area (Å²) in [4.78, 5) is 14.9. The van der Waals surface area contributed by atoms with Crippen molar-refractivity contribution >= 4 is 11.6 Å². The summed E-state index contributed by atoms with van der Waals surface area (Å²) in [5.74, 6) is 1.25. The molecule has 1 heterocycles. The highest BCUT2D eigenvalue weighted by molar-refractivity contribution is 5.80. The average molecular weight is 348 g/mol. The monoisotopic (exact) mass is 348 g/mol. The molecule has 25 heavy (non-hydrogen) atoms. The Morgan fingerprint density at radius 1 is 1.36 bits per heavy atom. The Balaban J connectivity index is 1.99. The number of nitro benzene ring substituents is 1. The van der Waals surface area contributed by atoms with E-state index in [9.17, 15) is 10.1 Å². The van der Waals surface area contributed by atoms with Crippen LogP contribution in [0.4, 0.5) is 5.69 Å². The molecule has 0 saturated carbocycles. The number of non-ortho nitro benzene ring substituents is 1. The lowest BCUT2D eigenvalue weighted by Crippen LogP contribution is -2.47. The maximum atomic E-state index is 10.7. The van der Waals surface area contributed by atoms with Gasteiger partial charge >= 0.3 is 0 Å². The molecule has 1 fully saturated rings. The highest BCUT2D eigenvalue weighted by Gasteiger charge is 2.23. The Labute approximate surface area is 149 Å². The molecule has 7 heteroatoms. The summed E-state index contributed by atoms with van der Waals surface area (Å²) >= 11 is 0. The molecule has 0 bridgehead atoms. The third kappa shape index (κ3) is 6.34. The fourth-order valence-corrected chi connectivity index (χ4v) is 2.65. The number of hydrogen-bond acceptors (Lipinski definition) is 4. The van der Waals surface area contributed by atoms with Gasteiger partial charge in [0.2, 0.25) is 0 Å². The Hall–Kier alpha value is -2.15. The average Bonchev–Trinajstić information content (AvgIpc) is 3.12. The van der Waals surface area contributed by atoms with Gasteiger partial charge in [0, 0.05) is 25.3 Å². The van der Waals surface area contributed by atoms with Gasteiger partial charge in [-0.3, -0.25) is 10.1 Å². The summed E-state index contributed by atoms with van der Waals surface area (Å²) in [7, 11) is 0. The second kappa shape index (κ2) is 9.36. The number of nitro groups is 1. The van der Waals surface area contributed by atoms with E-state index in [1.807, 2.05) is 0 Å². The van der Waals surface area contributed by atoms with Crippen molar-refractivity contribution in [3.05, 3.63) is 39.9 Å². The lowest BCUT2D eigenvalue weighted by atomic mass is 10.1. The molecule has 1 saturated heterocycles. The van der Waals surface area contributed by atoms with Gasteiger partial charge in [-0.1, -0.05) is 26.0 Å². The van der Waals surface area contributed by atoms with Gasteiger partial charge in [-0.25, -0.2) is 4.99 Å². The number of ether oxygens (including phenoxy) is 1. The van der Waals surface area contributed by atoms with Gasteiger partial charge in [0.05, 0.1) is 23.6 Å². The summed E-state index contributed by atoms with van der Waals surface area (Å²) in [6, 6.07) is 6.68. The third-order valence-corrected chi connectivity index (χ3v) is 4.13. The molecule has 1 aromatic carbocycles. The fraction of sp³-hybridized carbons (Fsp3) is 0.611. The molecule has 0 aliphatic carbocycles. The molecule has 0 aromatic heterocycles. The van der Waals surface area contributed by atoms with Gasteiger partial charge in [-0.05, 0) is 31.2 Å². The van der Waals surface area contributed by atoms with Crippen LogP contribution in [0.15, 0.2) is 29.3 Å². The molecular weight excluding hydrogens is 320 g/mol. The number of hydrogen-bond donors (Lipinski definition) is 2. The summed E-state index contributed by atoms with van der Waals surface area (Å²) in [6.45, 7) is 8.50. The zero-order valence-electron chi connectivity index (χ0n) is 15.2. The van der Waals surface area contributed by atoms with E-state index in [-0.39, 0.29) is 17.8 Å². The van der Waals surface area contributed by atoms with Crippen molar-refractivity contribution in [1.82, 2.24) is 10.6 Å². The zero-order chi connectivity index (χ0) is 18.2. The van der Waals surface area contributed by atoms with Gasteiger partial charge in [0.1, 0.15) is 0 Å². The van der Waals surface area contributed by atoms with Gasteiger partial charge in [-0.15, -0.1) is 0 Å². The van der Waals surface area contributed by atoms with E-state index in [1.165, 1.54) is 12.1 Å². The van der Waals surface area contributed by atoms with Crippen LogP contribution < -0.4 is 10.6 Å². The number of nitrogens with one attached hydrogen (secondary N) is 2. The Kier molecular flexibility index (Phi) is 7.18. The van der Waals surface area contributed by atoms with E-state index < -0.39 is 4.92 Å². The lowest BCUT2D eigenvalue weighted by Gasteiger charge is -2.23. The smallest absolute Gasteiger partial charge is 0.269 e. The molecule has 7 nitrogen and oxygen atoms in total. The topological polar surface area (TPSA) is 88.8 Å². The van der Waals surface area contributed by atoms with E-state index >= 15 is 0 Å². The predicted octanol–water partition coefficient (Wildman–Crippen LogP) is 2.85. The van der Waals surface area contributed by atoms with Crippen molar-refractivity contribution < 1.29 is 9.66 Å². The fourth-order valence-electron chi connectivity index (χ4n) is 2.65. The summed E-state index contributed by atoms with van der Waals surface area (Å²) in [5, 5.41) is 17.5. The first-order valence-electron chi connectivity index (χ1n) is 8.85. The maximum Gasteiger partial charge on any atom is 0.269 e. The van der Waals surface area contributed by atoms with Crippen LogP contribution >= 0.6 is 0 Å². The standard InChI is InChI=1S/C18H28N4O3/c1-13(2)11-19-18(21-14(3)17-5-4-10-25-17)20-12-15-6-8-16(9-7-15)22(23)24/h6-9,13-14,17H,4-5,10-12H2,1-3H3,(H2,19,20,21). The van der Waals surface area contributed by atoms with E-state index in [1.54, 1.807) is 12.1 Å². The van der Waals surface area contributed by atoms with Crippen LogP contribution in [-0.2, 0) is 11.3 Å². The molecule has 0 amide bonds. The van der Waals surface area contributed by atoms with E-state index in [0.717, 1.165) is 37.5 Å². The van der Waals surface area contributed by atoms with Crippen LogP contribution in [-0.4, -0.2) is 36.2 Å². The second-order valence-corrected chi connectivity index (χ2v) is 6.85. The number of benzene rings is 1. The molecule has 2 N–H and O–H groups in total. The molecule has 1 aromatic rings. The largest absolute Gasteiger partial charge is 0.376 e. The summed E-state index contributed by atoms with van der Waals surface area (Å²) in [5.41, 5.74) is 1.03. The molecule has 138 valence electrons. The predicted molar refractivity (Wildman–Crippen MR) is 98.6 cm³/mol. The zero-order valence-corrected chi connectivity index (χ0v) is 15.2. The molecule has 2 unspecified atom stereocenters. The van der Waals surface area contributed by atoms with Gasteiger partial charge in [0.25, 0.3) is 5.69 Å². The lowest BCUT2D eigenvalue weighted by molar-refractivity contribution is -0.384. The molecule has 0 spiro atoms. The van der Waals surface area contributed by atoms with E-state index in [4.69, 9.17) is 4.74 Å². The molecule has 2 rings (SSSR count). The van der Waals surface area contributed by atoms with Crippen molar-refractivity contribution in [1.29, 1.82) is 0 Å². The number of rotatable bonds is 7. The van der Waals surface area contributed by atoms with Gasteiger partial charge in [-0.2, -0.15) is 0 Å². The molecule has 1 aliphatic heterocycles. The van der Waals surface area contributed by atoms with Crippen molar-refractivity contribution in [2.45, 2.75) is 52.3 Å². The van der Waals surface area contributed by atoms with E-state index in [2.05, 4.69) is 36.4 Å². The summed E-state index contributed by atoms with van der Waals surface area (Å²) < 4.78 is 5.73. The Morgan fingerprint density at radius 3 is 2.64 bits per heavy atom. The first kappa shape index (κ1) is 19.2. The van der Waals surface area contributed by atoms with Gasteiger partial charge < -0.3 is 15.4 Å². The quantitative estimate of drug-likeness (QED) is 0.342. The normalized spacial score (nSPS) is 19.0. The van der Waals surface area contributed by atoms with Crippen LogP contribution in [0.1, 0.15) is 39.2 Å². The highest BCUT2D eigenvalue weighted by Crippen LogP contribution is 2.15. The summed E-state index contributed by atoms with van der Waals surface area (Å²) in [6.07, 6.45) is 2.38. The molecule has 2 atom stereocenters. The Bertz CT molecular complexity index is 580. The van der Waals surface area contributed by atoms with E-state index in [0.29, 0.717) is 12.5 Å². The van der Waals surface area contributed by atoms with Crippen molar-refractivity contribution in [3.8, 4) is 0 Å². The third-order valence-electron chi connectivity index (χ3n) is 4.13. The van der Waals surface area contributed by atoms with Crippen LogP contribution in [0.25, 0.3) is 0 Å². The molecule has 1 aliphatic rings. The SMILES string of the molecule is CC(C)CNC(=NCc1ccc([N+](=O)[O-])cc1)NC(C)C1CCCO1. The minimum Gasteiger partial charge on any atom is -0.376 e. The molecular formula is C18H28N4O3. The maximum absolute atomic E-state index is 10.7. The Morgan fingerprint density at radius 2 is 2.08 bits per heavy atom. The second-order valence-electron chi connectivity index (χ2n) is 6.85. The first-order chi connectivity index (χ1) is 12.0. The minimum atomic E-state index is -0.395. The van der Waals surface area contributed by atoms with Gasteiger partial charge in [0.15, 0.2) is 5.96 Å². The van der Waals surface area contributed by atoms with Crippen LogP contribution in [0.2, 0.25) is 0 Å². The van der Waals surface area contributed by atoms with Crippen molar-refractivity contribution in [3.63, 3.8) is 0 Å². The minimum absolute atomic E-state index is 0.0935. The van der Waals surface area contributed by atoms with Crippen LogP contribution in [0.5, 0.6) is 0 Å². The van der Waals surface area contributed by atoms with Crippen molar-refractivity contribution in [2.24, 2.45) is 10.9 Å². The number of aliphatic imine (C=N–C) groups is 1. The highest BCUT2D eigenvalue weighted by atomic mass is 16.6. The van der Waals surface area contributed by atoms with Crippen LogP contribution in [0.3, 0.4) is 0 Å².